The average molecular weight is 355 g/mol. The first-order valence-electron chi connectivity index (χ1n) is 6.63. The van der Waals surface area contributed by atoms with Gasteiger partial charge in [-0.3, -0.25) is 4.79 Å². The van der Waals surface area contributed by atoms with Crippen molar-refractivity contribution in [2.45, 2.75) is 23.9 Å². The monoisotopic (exact) mass is 355 g/mol. The Morgan fingerprint density at radius 3 is 2.48 bits per heavy atom. The number of piperidine rings is 1. The first-order valence-corrected chi connectivity index (χ1v) is 8.07. The summed E-state index contributed by atoms with van der Waals surface area (Å²) in [4.78, 5) is 10.1. The van der Waals surface area contributed by atoms with Gasteiger partial charge in [0, 0.05) is 13.1 Å². The first-order chi connectivity index (χ1) is 10.5. The van der Waals surface area contributed by atoms with Gasteiger partial charge in [0.1, 0.15) is 10.7 Å². The predicted octanol–water partition coefficient (Wildman–Crippen LogP) is 2.33. The number of hydrogen-bond acceptors (Lipinski definition) is 3. The molecule has 1 aromatic rings. The fourth-order valence-electron chi connectivity index (χ4n) is 2.39. The molecule has 1 N–H and O–H groups in total. The zero-order chi connectivity index (χ0) is 17.4. The highest BCUT2D eigenvalue weighted by Crippen LogP contribution is 2.32. The van der Waals surface area contributed by atoms with Crippen molar-refractivity contribution in [3.8, 4) is 0 Å². The van der Waals surface area contributed by atoms with Crippen LogP contribution in [0.25, 0.3) is 0 Å². The molecule has 1 heterocycles. The smallest absolute Gasteiger partial charge is 0.416 e. The summed E-state index contributed by atoms with van der Waals surface area (Å²) in [5, 5.41) is 8.95. The second kappa shape index (κ2) is 6.08. The van der Waals surface area contributed by atoms with E-state index in [0.717, 1.165) is 4.31 Å². The van der Waals surface area contributed by atoms with E-state index in [1.807, 2.05) is 0 Å². The Hall–Kier alpha value is -1.68. The van der Waals surface area contributed by atoms with E-state index in [1.54, 1.807) is 0 Å². The minimum Gasteiger partial charge on any atom is -0.481 e. The quantitative estimate of drug-likeness (QED) is 0.845. The minimum absolute atomic E-state index is 0.00737. The standard InChI is InChI=1S/C13H13F4NO4S/c14-10-6-9(13(15,16)17)3-4-11(10)23(21,22)18-5-1-2-8(7-18)12(19)20/h3-4,6,8H,1-2,5,7H2,(H,19,20). The van der Waals surface area contributed by atoms with Crippen LogP contribution in [0.2, 0.25) is 0 Å². The van der Waals surface area contributed by atoms with Gasteiger partial charge in [-0.25, -0.2) is 12.8 Å². The Bertz CT molecular complexity index is 717. The molecule has 2 rings (SSSR count). The van der Waals surface area contributed by atoms with Gasteiger partial charge >= 0.3 is 12.1 Å². The van der Waals surface area contributed by atoms with Crippen LogP contribution in [0.5, 0.6) is 0 Å². The summed E-state index contributed by atoms with van der Waals surface area (Å²) in [6.45, 7) is -0.343. The molecule has 1 atom stereocenters. The van der Waals surface area contributed by atoms with Gasteiger partial charge in [0.05, 0.1) is 11.5 Å². The van der Waals surface area contributed by atoms with E-state index in [1.165, 1.54) is 0 Å². The van der Waals surface area contributed by atoms with Crippen LogP contribution in [0.1, 0.15) is 18.4 Å². The van der Waals surface area contributed by atoms with E-state index in [-0.39, 0.29) is 32.0 Å². The molecule has 128 valence electrons. The maximum atomic E-state index is 13.9. The molecule has 0 aliphatic carbocycles. The molecule has 5 nitrogen and oxygen atoms in total. The molecule has 1 unspecified atom stereocenters. The number of rotatable bonds is 3. The Labute approximate surface area is 129 Å². The molecule has 1 fully saturated rings. The van der Waals surface area contributed by atoms with Gasteiger partial charge in [0.2, 0.25) is 10.0 Å². The highest BCUT2D eigenvalue weighted by Gasteiger charge is 2.36. The summed E-state index contributed by atoms with van der Waals surface area (Å²) in [6, 6.07) is 1.15. The Morgan fingerprint density at radius 1 is 1.30 bits per heavy atom. The summed E-state index contributed by atoms with van der Waals surface area (Å²) in [5.74, 6) is -3.61. The van der Waals surface area contributed by atoms with E-state index in [2.05, 4.69) is 0 Å². The number of alkyl halides is 3. The molecule has 0 bridgehead atoms. The molecule has 10 heteroatoms. The fourth-order valence-corrected chi connectivity index (χ4v) is 3.96. The van der Waals surface area contributed by atoms with Crippen molar-refractivity contribution < 1.29 is 35.9 Å². The second-order valence-corrected chi connectivity index (χ2v) is 7.09. The van der Waals surface area contributed by atoms with Crippen LogP contribution in [0.15, 0.2) is 23.1 Å². The summed E-state index contributed by atoms with van der Waals surface area (Å²) in [6.07, 6.45) is -4.22. The number of halogens is 4. The summed E-state index contributed by atoms with van der Waals surface area (Å²) >= 11 is 0. The Balaban J connectivity index is 2.34. The van der Waals surface area contributed by atoms with Gasteiger partial charge in [-0.15, -0.1) is 0 Å². The van der Waals surface area contributed by atoms with E-state index >= 15 is 0 Å². The third-order valence-corrected chi connectivity index (χ3v) is 5.51. The molecule has 0 radical (unpaired) electrons. The first kappa shape index (κ1) is 17.7. The molecule has 0 spiro atoms. The van der Waals surface area contributed by atoms with E-state index in [4.69, 9.17) is 5.11 Å². The lowest BCUT2D eigenvalue weighted by Gasteiger charge is -2.30. The largest absolute Gasteiger partial charge is 0.481 e. The molecule has 1 aliphatic heterocycles. The number of carboxylic acids is 1. The highest BCUT2D eigenvalue weighted by atomic mass is 32.2. The average Bonchev–Trinajstić information content (AvgIpc) is 2.46. The molecule has 1 aliphatic rings. The molecule has 0 amide bonds. The fraction of sp³-hybridized carbons (Fsp3) is 0.462. The SMILES string of the molecule is O=C(O)C1CCCN(S(=O)(=O)c2ccc(C(F)(F)F)cc2F)C1. The lowest BCUT2D eigenvalue weighted by atomic mass is 10.0. The van der Waals surface area contributed by atoms with Crippen LogP contribution in [0.4, 0.5) is 17.6 Å². The van der Waals surface area contributed by atoms with Crippen LogP contribution in [-0.2, 0) is 21.0 Å². The Kier molecular flexibility index (Phi) is 4.67. The van der Waals surface area contributed by atoms with Gasteiger partial charge in [-0.1, -0.05) is 0 Å². The van der Waals surface area contributed by atoms with Crippen LogP contribution >= 0.6 is 0 Å². The number of aliphatic carboxylic acids is 1. The van der Waals surface area contributed by atoms with Crippen molar-refractivity contribution in [1.82, 2.24) is 4.31 Å². The molecule has 1 aromatic carbocycles. The van der Waals surface area contributed by atoms with Crippen molar-refractivity contribution in [3.05, 3.63) is 29.6 Å². The Morgan fingerprint density at radius 2 is 1.96 bits per heavy atom. The molecular weight excluding hydrogens is 342 g/mol. The van der Waals surface area contributed by atoms with Crippen LogP contribution in [0, 0.1) is 11.7 Å². The highest BCUT2D eigenvalue weighted by molar-refractivity contribution is 7.89. The normalized spacial score (nSPS) is 20.4. The minimum atomic E-state index is -4.79. The maximum Gasteiger partial charge on any atom is 0.416 e. The van der Waals surface area contributed by atoms with Gasteiger partial charge in [-0.2, -0.15) is 17.5 Å². The lowest BCUT2D eigenvalue weighted by Crippen LogP contribution is -2.42. The number of hydrogen-bond donors (Lipinski definition) is 1. The van der Waals surface area contributed by atoms with Crippen molar-refractivity contribution in [3.63, 3.8) is 0 Å². The number of carbonyl (C=O) groups is 1. The molecular formula is C13H13F4NO4S. The van der Waals surface area contributed by atoms with E-state index < -0.39 is 44.4 Å². The topological polar surface area (TPSA) is 74.7 Å². The molecule has 1 saturated heterocycles. The van der Waals surface area contributed by atoms with Crippen LogP contribution in [-0.4, -0.2) is 36.9 Å². The van der Waals surface area contributed by atoms with Crippen molar-refractivity contribution >= 4 is 16.0 Å². The third-order valence-electron chi connectivity index (χ3n) is 3.61. The van der Waals surface area contributed by atoms with Crippen LogP contribution < -0.4 is 0 Å². The van der Waals surface area contributed by atoms with Crippen molar-refractivity contribution in [2.75, 3.05) is 13.1 Å². The van der Waals surface area contributed by atoms with Gasteiger partial charge in [0.15, 0.2) is 0 Å². The number of benzene rings is 1. The number of carboxylic acid groups (broad SMARTS) is 1. The zero-order valence-corrected chi connectivity index (χ0v) is 12.5. The van der Waals surface area contributed by atoms with E-state index in [0.29, 0.717) is 12.1 Å². The zero-order valence-electron chi connectivity index (χ0n) is 11.7. The lowest BCUT2D eigenvalue weighted by molar-refractivity contribution is -0.143. The molecule has 0 aromatic heterocycles. The van der Waals surface area contributed by atoms with Gasteiger partial charge in [-0.05, 0) is 31.0 Å². The van der Waals surface area contributed by atoms with E-state index in [9.17, 15) is 30.8 Å². The molecule has 23 heavy (non-hydrogen) atoms. The molecule has 0 saturated carbocycles. The summed E-state index contributed by atoms with van der Waals surface area (Å²) in [7, 11) is -4.39. The second-order valence-electron chi connectivity index (χ2n) is 5.18. The van der Waals surface area contributed by atoms with Gasteiger partial charge in [0.25, 0.3) is 0 Å². The summed E-state index contributed by atoms with van der Waals surface area (Å²) < 4.78 is 76.9. The summed E-state index contributed by atoms with van der Waals surface area (Å²) in [5.41, 5.74) is -1.30. The number of nitrogens with zero attached hydrogens (tertiary/aromatic N) is 1. The predicted molar refractivity (Wildman–Crippen MR) is 70.5 cm³/mol. The number of sulfonamides is 1. The third kappa shape index (κ3) is 3.63. The van der Waals surface area contributed by atoms with Crippen LogP contribution in [0.3, 0.4) is 0 Å². The van der Waals surface area contributed by atoms with Crippen molar-refractivity contribution in [2.24, 2.45) is 5.92 Å². The van der Waals surface area contributed by atoms with Gasteiger partial charge < -0.3 is 5.11 Å². The maximum absolute atomic E-state index is 13.9. The van der Waals surface area contributed by atoms with Crippen molar-refractivity contribution in [1.29, 1.82) is 0 Å².